The van der Waals surface area contributed by atoms with Gasteiger partial charge in [-0.25, -0.2) is 4.98 Å². The van der Waals surface area contributed by atoms with Crippen molar-refractivity contribution in [3.63, 3.8) is 0 Å². The lowest BCUT2D eigenvalue weighted by molar-refractivity contribution is 0.566. The van der Waals surface area contributed by atoms with Crippen LogP contribution in [0.4, 0.5) is 5.82 Å². The summed E-state index contributed by atoms with van der Waals surface area (Å²) in [5.74, 6) is 1.30. The minimum atomic E-state index is 0.275. The molecule has 0 radical (unpaired) electrons. The van der Waals surface area contributed by atoms with E-state index < -0.39 is 0 Å². The van der Waals surface area contributed by atoms with Crippen LogP contribution in [-0.4, -0.2) is 11.5 Å². The second-order valence-electron chi connectivity index (χ2n) is 4.05. The summed E-state index contributed by atoms with van der Waals surface area (Å²) in [4.78, 5) is 4.08. The van der Waals surface area contributed by atoms with Crippen molar-refractivity contribution in [1.82, 2.24) is 4.98 Å². The lowest BCUT2D eigenvalue weighted by Gasteiger charge is -2.09. The average molecular weight is 282 g/mol. The van der Waals surface area contributed by atoms with Crippen LogP contribution >= 0.6 is 34.8 Å². The number of hydrogen-bond acceptors (Lipinski definition) is 2. The highest BCUT2D eigenvalue weighted by atomic mass is 35.5. The molecule has 0 fully saturated rings. The van der Waals surface area contributed by atoms with E-state index in [1.165, 1.54) is 6.42 Å². The van der Waals surface area contributed by atoms with Crippen LogP contribution in [-0.2, 0) is 0 Å². The largest absolute Gasteiger partial charge is 0.369 e. The van der Waals surface area contributed by atoms with E-state index in [4.69, 9.17) is 34.8 Å². The molecule has 0 spiro atoms. The van der Waals surface area contributed by atoms with Gasteiger partial charge in [0.1, 0.15) is 11.0 Å². The van der Waals surface area contributed by atoms with E-state index >= 15 is 0 Å². The summed E-state index contributed by atoms with van der Waals surface area (Å²) in [6, 6.07) is 1.60. The fourth-order valence-electron chi connectivity index (χ4n) is 1.29. The third-order valence-electron chi connectivity index (χ3n) is 2.14. The van der Waals surface area contributed by atoms with E-state index in [0.717, 1.165) is 13.0 Å². The smallest absolute Gasteiger partial charge is 0.150 e. The highest BCUT2D eigenvalue weighted by molar-refractivity contribution is 6.42. The number of rotatable bonds is 5. The number of nitrogens with zero attached hydrogens (tertiary/aromatic N) is 1. The highest BCUT2D eigenvalue weighted by Gasteiger charge is 2.07. The Labute approximate surface area is 111 Å². The van der Waals surface area contributed by atoms with Gasteiger partial charge < -0.3 is 5.32 Å². The van der Waals surface area contributed by atoms with Crippen molar-refractivity contribution < 1.29 is 0 Å². The second kappa shape index (κ2) is 6.53. The monoisotopic (exact) mass is 280 g/mol. The maximum atomic E-state index is 5.97. The molecule has 0 amide bonds. The second-order valence-corrected chi connectivity index (χ2v) is 5.23. The first-order valence-corrected chi connectivity index (χ1v) is 6.39. The molecule has 2 nitrogen and oxygen atoms in total. The highest BCUT2D eigenvalue weighted by Crippen LogP contribution is 2.28. The molecule has 90 valence electrons. The number of aromatic nitrogens is 1. The quantitative estimate of drug-likeness (QED) is 0.614. The molecule has 5 heteroatoms. The van der Waals surface area contributed by atoms with Crippen molar-refractivity contribution in [3.05, 3.63) is 21.3 Å². The van der Waals surface area contributed by atoms with Crippen LogP contribution in [0.1, 0.15) is 26.7 Å². The Morgan fingerprint density at radius 3 is 2.56 bits per heavy atom. The van der Waals surface area contributed by atoms with Crippen LogP contribution in [0, 0.1) is 5.92 Å². The van der Waals surface area contributed by atoms with Gasteiger partial charge in [0.2, 0.25) is 0 Å². The van der Waals surface area contributed by atoms with Gasteiger partial charge >= 0.3 is 0 Å². The Balaban J connectivity index is 2.51. The van der Waals surface area contributed by atoms with Crippen LogP contribution in [0.3, 0.4) is 0 Å². The van der Waals surface area contributed by atoms with Crippen molar-refractivity contribution in [3.8, 4) is 0 Å². The number of pyridine rings is 1. The minimum Gasteiger partial charge on any atom is -0.369 e. The SMILES string of the molecule is CC(C)CCCNc1nc(Cl)c(Cl)cc1Cl. The first-order chi connectivity index (χ1) is 7.50. The first-order valence-electron chi connectivity index (χ1n) is 5.26. The standard InChI is InChI=1S/C11H15Cl3N2/c1-7(2)4-3-5-15-11-9(13)6-8(12)10(14)16-11/h6-7H,3-5H2,1-2H3,(H,15,16). The van der Waals surface area contributed by atoms with Gasteiger partial charge in [0, 0.05) is 6.54 Å². The van der Waals surface area contributed by atoms with Crippen molar-refractivity contribution in [1.29, 1.82) is 0 Å². The Kier molecular flexibility index (Phi) is 5.67. The lowest BCUT2D eigenvalue weighted by atomic mass is 10.1. The van der Waals surface area contributed by atoms with Crippen LogP contribution in [0.2, 0.25) is 15.2 Å². The number of halogens is 3. The first kappa shape index (κ1) is 13.9. The Morgan fingerprint density at radius 2 is 1.94 bits per heavy atom. The predicted octanol–water partition coefficient (Wildman–Crippen LogP) is 4.89. The summed E-state index contributed by atoms with van der Waals surface area (Å²) in [6.45, 7) is 5.23. The molecule has 0 aliphatic rings. The van der Waals surface area contributed by atoms with E-state index in [2.05, 4.69) is 24.1 Å². The molecule has 0 bridgehead atoms. The molecule has 0 atom stereocenters. The summed E-state index contributed by atoms with van der Waals surface area (Å²) in [5, 5.41) is 4.30. The molecule has 1 N–H and O–H groups in total. The Bertz CT molecular complexity index is 353. The zero-order valence-corrected chi connectivity index (χ0v) is 11.6. The molecular formula is C11H15Cl3N2. The van der Waals surface area contributed by atoms with Gasteiger partial charge in [-0.2, -0.15) is 0 Å². The Hall–Kier alpha value is -0.180. The van der Waals surface area contributed by atoms with Gasteiger partial charge in [-0.15, -0.1) is 0 Å². The van der Waals surface area contributed by atoms with E-state index in [0.29, 0.717) is 21.8 Å². The topological polar surface area (TPSA) is 24.9 Å². The number of hydrogen-bond donors (Lipinski definition) is 1. The van der Waals surface area contributed by atoms with Crippen molar-refractivity contribution in [2.45, 2.75) is 26.7 Å². The molecule has 0 saturated heterocycles. The van der Waals surface area contributed by atoms with Gasteiger partial charge in [-0.1, -0.05) is 48.7 Å². The summed E-state index contributed by atoms with van der Waals surface area (Å²) in [7, 11) is 0. The molecule has 0 saturated carbocycles. The number of anilines is 1. The average Bonchev–Trinajstić information content (AvgIpc) is 2.19. The zero-order valence-electron chi connectivity index (χ0n) is 9.36. The molecule has 0 aliphatic heterocycles. The van der Waals surface area contributed by atoms with E-state index in [-0.39, 0.29) is 5.15 Å². The van der Waals surface area contributed by atoms with Gasteiger partial charge in [0.15, 0.2) is 0 Å². The lowest BCUT2D eigenvalue weighted by Crippen LogP contribution is -2.05. The molecule has 1 rings (SSSR count). The van der Waals surface area contributed by atoms with E-state index in [9.17, 15) is 0 Å². The van der Waals surface area contributed by atoms with Crippen LogP contribution in [0.15, 0.2) is 6.07 Å². The van der Waals surface area contributed by atoms with Gasteiger partial charge in [0.25, 0.3) is 0 Å². The molecule has 1 aromatic heterocycles. The van der Waals surface area contributed by atoms with E-state index in [1.807, 2.05) is 0 Å². The van der Waals surface area contributed by atoms with Gasteiger partial charge in [-0.3, -0.25) is 0 Å². The normalized spacial score (nSPS) is 10.9. The molecule has 0 unspecified atom stereocenters. The third kappa shape index (κ3) is 4.36. The molecule has 16 heavy (non-hydrogen) atoms. The van der Waals surface area contributed by atoms with Crippen molar-refractivity contribution in [2.75, 3.05) is 11.9 Å². The van der Waals surface area contributed by atoms with Gasteiger partial charge in [0.05, 0.1) is 10.0 Å². The van der Waals surface area contributed by atoms with Crippen LogP contribution in [0.5, 0.6) is 0 Å². The molecule has 1 heterocycles. The van der Waals surface area contributed by atoms with Crippen molar-refractivity contribution in [2.24, 2.45) is 5.92 Å². The summed E-state index contributed by atoms with van der Waals surface area (Å²) >= 11 is 17.6. The summed E-state index contributed by atoms with van der Waals surface area (Å²) in [5.41, 5.74) is 0. The Morgan fingerprint density at radius 1 is 1.25 bits per heavy atom. The fourth-order valence-corrected chi connectivity index (χ4v) is 1.85. The molecule has 1 aromatic rings. The summed E-state index contributed by atoms with van der Waals surface area (Å²) in [6.07, 6.45) is 2.25. The number of nitrogens with one attached hydrogen (secondary N) is 1. The van der Waals surface area contributed by atoms with Gasteiger partial charge in [-0.05, 0) is 24.8 Å². The zero-order chi connectivity index (χ0) is 12.1. The van der Waals surface area contributed by atoms with E-state index in [1.54, 1.807) is 6.07 Å². The maximum Gasteiger partial charge on any atom is 0.150 e. The van der Waals surface area contributed by atoms with Crippen molar-refractivity contribution >= 4 is 40.6 Å². The van der Waals surface area contributed by atoms with Crippen LogP contribution < -0.4 is 5.32 Å². The maximum absolute atomic E-state index is 5.97. The minimum absolute atomic E-state index is 0.275. The third-order valence-corrected chi connectivity index (χ3v) is 3.10. The van der Waals surface area contributed by atoms with Crippen LogP contribution in [0.25, 0.3) is 0 Å². The predicted molar refractivity (Wildman–Crippen MR) is 71.8 cm³/mol. The molecular weight excluding hydrogens is 266 g/mol. The fraction of sp³-hybridized carbons (Fsp3) is 0.545. The summed E-state index contributed by atoms with van der Waals surface area (Å²) < 4.78 is 0. The molecule has 0 aromatic carbocycles. The molecule has 0 aliphatic carbocycles.